The number of nitrogens with one attached hydrogen (secondary N) is 2. The maximum Gasteiger partial charge on any atom is 0.212 e. The average molecular weight is 258 g/mol. The molecular formula is C12H22N2O2S. The zero-order valence-corrected chi connectivity index (χ0v) is 11.2. The molecule has 4 nitrogen and oxygen atoms in total. The summed E-state index contributed by atoms with van der Waals surface area (Å²) >= 11 is 0. The molecule has 1 aliphatic heterocycles. The summed E-state index contributed by atoms with van der Waals surface area (Å²) in [6.45, 7) is 3.73. The number of hydrogen-bond donors (Lipinski definition) is 2. The van der Waals surface area contributed by atoms with Gasteiger partial charge in [-0.2, -0.15) is 0 Å². The lowest BCUT2D eigenvalue weighted by molar-refractivity contribution is 0.401. The summed E-state index contributed by atoms with van der Waals surface area (Å²) in [5.41, 5.74) is 0. The Hall–Kier alpha value is -0.570. The molecule has 0 bridgehead atoms. The molecule has 2 atom stereocenters. The predicted octanol–water partition coefficient (Wildman–Crippen LogP) is 0.707. The second-order valence-electron chi connectivity index (χ2n) is 4.63. The first-order valence-corrected chi connectivity index (χ1v) is 7.86. The van der Waals surface area contributed by atoms with Crippen molar-refractivity contribution in [1.82, 2.24) is 10.0 Å². The number of sulfonamides is 1. The van der Waals surface area contributed by atoms with E-state index in [1.54, 1.807) is 0 Å². The van der Waals surface area contributed by atoms with E-state index in [1.807, 2.05) is 6.92 Å². The summed E-state index contributed by atoms with van der Waals surface area (Å²) in [6, 6.07) is -0.124. The third kappa shape index (κ3) is 5.53. The Morgan fingerprint density at radius 2 is 2.35 bits per heavy atom. The molecule has 1 fully saturated rings. The maximum absolute atomic E-state index is 11.9. The minimum atomic E-state index is -3.20. The van der Waals surface area contributed by atoms with Gasteiger partial charge in [0.1, 0.15) is 0 Å². The third-order valence-electron chi connectivity index (χ3n) is 3.06. The van der Waals surface area contributed by atoms with E-state index in [2.05, 4.69) is 16.0 Å². The van der Waals surface area contributed by atoms with E-state index in [0.29, 0.717) is 6.42 Å². The van der Waals surface area contributed by atoms with Gasteiger partial charge in [0.25, 0.3) is 0 Å². The van der Waals surface area contributed by atoms with Crippen LogP contribution in [0.4, 0.5) is 0 Å². The molecule has 2 unspecified atom stereocenters. The monoisotopic (exact) mass is 258 g/mol. The Kier molecular flexibility index (Phi) is 5.96. The summed E-state index contributed by atoms with van der Waals surface area (Å²) in [4.78, 5) is 0. The topological polar surface area (TPSA) is 58.2 Å². The summed E-state index contributed by atoms with van der Waals surface area (Å²) in [7, 11) is -3.20. The molecule has 1 aliphatic rings. The molecule has 0 aromatic heterocycles. The smallest absolute Gasteiger partial charge is 0.212 e. The highest BCUT2D eigenvalue weighted by molar-refractivity contribution is 7.89. The zero-order valence-electron chi connectivity index (χ0n) is 10.4. The van der Waals surface area contributed by atoms with E-state index in [1.165, 1.54) is 0 Å². The van der Waals surface area contributed by atoms with Gasteiger partial charge in [-0.1, -0.05) is 6.92 Å². The highest BCUT2D eigenvalue weighted by Gasteiger charge is 2.22. The van der Waals surface area contributed by atoms with Crippen molar-refractivity contribution in [2.75, 3.05) is 18.8 Å². The summed E-state index contributed by atoms with van der Waals surface area (Å²) in [5.74, 6) is 2.94. The van der Waals surface area contributed by atoms with Crippen LogP contribution in [-0.2, 0) is 10.0 Å². The molecule has 5 heteroatoms. The van der Waals surface area contributed by atoms with Crippen LogP contribution in [0.15, 0.2) is 0 Å². The normalized spacial score (nSPS) is 22.9. The SMILES string of the molecule is C#CCC(CC)NS(=O)(=O)CC1CCCNC1. The van der Waals surface area contributed by atoms with Crippen LogP contribution in [-0.4, -0.2) is 33.3 Å². The number of hydrogen-bond acceptors (Lipinski definition) is 3. The Labute approximate surface area is 105 Å². The molecule has 2 N–H and O–H groups in total. The van der Waals surface area contributed by atoms with E-state index in [-0.39, 0.29) is 17.7 Å². The first-order valence-electron chi connectivity index (χ1n) is 6.21. The second-order valence-corrected chi connectivity index (χ2v) is 6.42. The molecule has 0 spiro atoms. The second kappa shape index (κ2) is 7.00. The van der Waals surface area contributed by atoms with Crippen molar-refractivity contribution < 1.29 is 8.42 Å². The third-order valence-corrected chi connectivity index (χ3v) is 4.66. The Bertz CT molecular complexity index is 353. The molecule has 0 aromatic carbocycles. The van der Waals surface area contributed by atoms with Crippen molar-refractivity contribution in [2.45, 2.75) is 38.6 Å². The van der Waals surface area contributed by atoms with Crippen molar-refractivity contribution in [2.24, 2.45) is 5.92 Å². The highest BCUT2D eigenvalue weighted by atomic mass is 32.2. The van der Waals surface area contributed by atoms with Crippen LogP contribution in [0, 0.1) is 18.3 Å². The van der Waals surface area contributed by atoms with Crippen LogP contribution in [0.2, 0.25) is 0 Å². The average Bonchev–Trinajstić information content (AvgIpc) is 2.29. The van der Waals surface area contributed by atoms with Crippen molar-refractivity contribution in [3.8, 4) is 12.3 Å². The summed E-state index contributed by atoms with van der Waals surface area (Å²) < 4.78 is 26.6. The minimum Gasteiger partial charge on any atom is -0.316 e. The fourth-order valence-corrected chi connectivity index (χ4v) is 3.85. The van der Waals surface area contributed by atoms with Crippen molar-refractivity contribution in [1.29, 1.82) is 0 Å². The quantitative estimate of drug-likeness (QED) is 0.690. The largest absolute Gasteiger partial charge is 0.316 e. The van der Waals surface area contributed by atoms with Gasteiger partial charge in [-0.3, -0.25) is 0 Å². The van der Waals surface area contributed by atoms with Crippen LogP contribution >= 0.6 is 0 Å². The Morgan fingerprint density at radius 3 is 2.88 bits per heavy atom. The van der Waals surface area contributed by atoms with Gasteiger partial charge < -0.3 is 5.32 Å². The molecule has 0 aromatic rings. The minimum absolute atomic E-state index is 0.124. The van der Waals surface area contributed by atoms with E-state index in [0.717, 1.165) is 32.4 Å². The molecule has 1 rings (SSSR count). The van der Waals surface area contributed by atoms with Gasteiger partial charge in [0.15, 0.2) is 0 Å². The van der Waals surface area contributed by atoms with Gasteiger partial charge in [0, 0.05) is 12.5 Å². The van der Waals surface area contributed by atoms with Crippen molar-refractivity contribution in [3.05, 3.63) is 0 Å². The lowest BCUT2D eigenvalue weighted by Crippen LogP contribution is -2.41. The van der Waals surface area contributed by atoms with Crippen LogP contribution in [0.25, 0.3) is 0 Å². The number of rotatable bonds is 6. The van der Waals surface area contributed by atoms with Gasteiger partial charge in [-0.15, -0.1) is 12.3 Å². The lowest BCUT2D eigenvalue weighted by Gasteiger charge is -2.23. The van der Waals surface area contributed by atoms with E-state index >= 15 is 0 Å². The van der Waals surface area contributed by atoms with E-state index < -0.39 is 10.0 Å². The Morgan fingerprint density at radius 1 is 1.59 bits per heavy atom. The van der Waals surface area contributed by atoms with Crippen LogP contribution in [0.1, 0.15) is 32.6 Å². The van der Waals surface area contributed by atoms with E-state index in [4.69, 9.17) is 6.42 Å². The van der Waals surface area contributed by atoms with Crippen LogP contribution < -0.4 is 10.0 Å². The fraction of sp³-hybridized carbons (Fsp3) is 0.833. The molecule has 1 saturated heterocycles. The predicted molar refractivity (Wildman–Crippen MR) is 70.0 cm³/mol. The van der Waals surface area contributed by atoms with Gasteiger partial charge in [0.2, 0.25) is 10.0 Å². The summed E-state index contributed by atoms with van der Waals surface area (Å²) in [6.07, 6.45) is 8.44. The molecule has 98 valence electrons. The molecular weight excluding hydrogens is 236 g/mol. The van der Waals surface area contributed by atoms with Gasteiger partial charge in [-0.25, -0.2) is 13.1 Å². The highest BCUT2D eigenvalue weighted by Crippen LogP contribution is 2.12. The first-order chi connectivity index (χ1) is 8.07. The molecule has 0 saturated carbocycles. The molecule has 0 aliphatic carbocycles. The van der Waals surface area contributed by atoms with Gasteiger partial charge in [0.05, 0.1) is 5.75 Å². The first kappa shape index (κ1) is 14.5. The van der Waals surface area contributed by atoms with Crippen molar-refractivity contribution >= 4 is 10.0 Å². The molecule has 0 radical (unpaired) electrons. The van der Waals surface area contributed by atoms with Gasteiger partial charge >= 0.3 is 0 Å². The van der Waals surface area contributed by atoms with E-state index in [9.17, 15) is 8.42 Å². The lowest BCUT2D eigenvalue weighted by atomic mass is 10.0. The standard InChI is InChI=1S/C12H22N2O2S/c1-3-6-12(4-2)14-17(15,16)10-11-7-5-8-13-9-11/h1,11-14H,4-10H2,2H3. The summed E-state index contributed by atoms with van der Waals surface area (Å²) in [5, 5.41) is 3.23. The number of terminal acetylenes is 1. The Balaban J connectivity index is 2.46. The van der Waals surface area contributed by atoms with Crippen molar-refractivity contribution in [3.63, 3.8) is 0 Å². The fourth-order valence-electron chi connectivity index (χ4n) is 2.09. The molecule has 1 heterocycles. The zero-order chi connectivity index (χ0) is 12.7. The van der Waals surface area contributed by atoms with Crippen LogP contribution in [0.5, 0.6) is 0 Å². The molecule has 17 heavy (non-hydrogen) atoms. The van der Waals surface area contributed by atoms with Gasteiger partial charge in [-0.05, 0) is 38.3 Å². The molecule has 0 amide bonds. The number of piperidine rings is 1. The van der Waals surface area contributed by atoms with Crippen LogP contribution in [0.3, 0.4) is 0 Å². The maximum atomic E-state index is 11.9.